The van der Waals surface area contributed by atoms with Crippen LogP contribution in [0.25, 0.3) is 0 Å². The molecule has 3 atom stereocenters. The molecule has 0 aromatic carbocycles. The second-order valence-corrected chi connectivity index (χ2v) is 22.0. The Morgan fingerprint density at radius 2 is 0.881 bits per heavy atom. The van der Waals surface area contributed by atoms with Crippen LogP contribution in [-0.2, 0) is 18.4 Å². The normalized spacial score (nSPS) is 14.3. The Labute approximate surface area is 416 Å². The quantitative estimate of drug-likeness (QED) is 0.0272. The van der Waals surface area contributed by atoms with Crippen molar-refractivity contribution in [2.45, 2.75) is 276 Å². The van der Waals surface area contributed by atoms with Crippen LogP contribution in [0.3, 0.4) is 0 Å². The van der Waals surface area contributed by atoms with Gasteiger partial charge in [-0.05, 0) is 64.2 Å². The average molecular weight is 964 g/mol. The lowest BCUT2D eigenvalue weighted by molar-refractivity contribution is -0.870. The molecule has 0 aliphatic rings. The highest BCUT2D eigenvalue weighted by atomic mass is 31.2. The minimum Gasteiger partial charge on any atom is -0.756 e. The molecule has 0 saturated carbocycles. The Balaban J connectivity index is 3.99. The number of aliphatic hydroxyl groups excluding tert-OH is 1. The number of rotatable bonds is 52. The zero-order chi connectivity index (χ0) is 49.2. The van der Waals surface area contributed by atoms with E-state index >= 15 is 0 Å². The molecule has 67 heavy (non-hydrogen) atoms. The maximum Gasteiger partial charge on any atom is 0.268 e. The number of carbonyl (C=O) groups is 1. The molecule has 0 fully saturated rings. The number of carbonyl (C=O) groups excluding carboxylic acids is 1. The molecule has 0 rings (SSSR count). The van der Waals surface area contributed by atoms with Crippen molar-refractivity contribution in [3.05, 3.63) is 48.6 Å². The monoisotopic (exact) mass is 963 g/mol. The third-order valence-electron chi connectivity index (χ3n) is 12.8. The second kappa shape index (κ2) is 49.4. The lowest BCUT2D eigenvalue weighted by Gasteiger charge is -2.29. The average Bonchev–Trinajstić information content (AvgIpc) is 3.29. The number of hydrogen-bond acceptors (Lipinski definition) is 6. The number of likely N-dealkylation sites (N-methyl/N-ethyl adjacent to an activating group) is 1. The van der Waals surface area contributed by atoms with Gasteiger partial charge in [0, 0.05) is 6.42 Å². The topological polar surface area (TPSA) is 108 Å². The summed E-state index contributed by atoms with van der Waals surface area (Å²) < 4.78 is 23.2. The Morgan fingerprint density at radius 1 is 0.522 bits per heavy atom. The molecule has 0 bridgehead atoms. The second-order valence-electron chi connectivity index (χ2n) is 20.6. The Hall–Kier alpha value is -1.54. The van der Waals surface area contributed by atoms with E-state index in [0.29, 0.717) is 17.4 Å². The third-order valence-corrected chi connectivity index (χ3v) is 13.7. The molecule has 1 amide bonds. The SMILES string of the molecule is CCCCCCC/C=C\C/C=C\CCCCCCCCCCCCCCCCCCCCCCCC(=O)NC(COP(=O)([O-])OCC[N+](C)(C)C)C(O)/C=C/CC/C=C/CCCCCCCC. The van der Waals surface area contributed by atoms with Crippen LogP contribution in [0.5, 0.6) is 0 Å². The molecular weight excluding hydrogens is 852 g/mol. The fraction of sp³-hybridized carbons (Fsp3) is 0.845. The van der Waals surface area contributed by atoms with Crippen molar-refractivity contribution in [3.63, 3.8) is 0 Å². The van der Waals surface area contributed by atoms with Gasteiger partial charge in [0.2, 0.25) is 5.91 Å². The molecular formula is C58H111N2O6P. The van der Waals surface area contributed by atoms with Crippen molar-refractivity contribution in [2.75, 3.05) is 40.9 Å². The lowest BCUT2D eigenvalue weighted by atomic mass is 10.0. The fourth-order valence-corrected chi connectivity index (χ4v) is 8.98. The van der Waals surface area contributed by atoms with Crippen LogP contribution in [0, 0.1) is 0 Å². The summed E-state index contributed by atoms with van der Waals surface area (Å²) in [6.45, 7) is 4.61. The van der Waals surface area contributed by atoms with Gasteiger partial charge in [0.05, 0.1) is 39.9 Å². The van der Waals surface area contributed by atoms with Gasteiger partial charge in [-0.1, -0.05) is 242 Å². The summed E-state index contributed by atoms with van der Waals surface area (Å²) in [6.07, 6.45) is 64.9. The van der Waals surface area contributed by atoms with E-state index in [1.165, 1.54) is 199 Å². The summed E-state index contributed by atoms with van der Waals surface area (Å²) in [5, 5.41) is 13.8. The molecule has 3 unspecified atom stereocenters. The number of hydrogen-bond donors (Lipinski definition) is 2. The number of unbranched alkanes of at least 4 members (excludes halogenated alkanes) is 33. The van der Waals surface area contributed by atoms with Crippen LogP contribution in [0.2, 0.25) is 0 Å². The molecule has 0 aliphatic heterocycles. The number of phosphoric acid groups is 1. The Kier molecular flexibility index (Phi) is 48.3. The molecule has 0 saturated heterocycles. The maximum atomic E-state index is 12.9. The minimum atomic E-state index is -4.60. The van der Waals surface area contributed by atoms with Gasteiger partial charge < -0.3 is 28.8 Å². The van der Waals surface area contributed by atoms with Crippen LogP contribution in [-0.4, -0.2) is 68.5 Å². The number of amides is 1. The molecule has 394 valence electrons. The van der Waals surface area contributed by atoms with Gasteiger partial charge in [-0.25, -0.2) is 0 Å². The fourth-order valence-electron chi connectivity index (χ4n) is 8.26. The highest BCUT2D eigenvalue weighted by Crippen LogP contribution is 2.38. The molecule has 0 aliphatic carbocycles. The maximum absolute atomic E-state index is 12.9. The first-order valence-electron chi connectivity index (χ1n) is 28.5. The van der Waals surface area contributed by atoms with Crippen molar-refractivity contribution in [2.24, 2.45) is 0 Å². The number of phosphoric ester groups is 1. The van der Waals surface area contributed by atoms with Crippen molar-refractivity contribution in [1.82, 2.24) is 5.32 Å². The van der Waals surface area contributed by atoms with E-state index < -0.39 is 26.6 Å². The first-order chi connectivity index (χ1) is 32.5. The predicted molar refractivity (Wildman–Crippen MR) is 288 cm³/mol. The summed E-state index contributed by atoms with van der Waals surface area (Å²) in [7, 11) is 1.25. The number of allylic oxidation sites excluding steroid dienone is 7. The van der Waals surface area contributed by atoms with E-state index in [0.717, 1.165) is 44.9 Å². The minimum absolute atomic E-state index is 0.00585. The zero-order valence-corrected chi connectivity index (χ0v) is 45.7. The molecule has 0 spiro atoms. The first kappa shape index (κ1) is 65.5. The highest BCUT2D eigenvalue weighted by Gasteiger charge is 2.23. The molecule has 0 radical (unpaired) electrons. The molecule has 0 aromatic rings. The number of aliphatic hydroxyl groups is 1. The standard InChI is InChI=1S/C58H111N2O6P/c1-6-8-10-12-14-16-18-20-21-22-23-24-25-26-27-28-29-30-31-32-33-34-35-36-37-38-39-40-42-44-46-48-50-52-58(62)59-56(55-66-67(63,64)65-54-53-60(3,4)5)57(61)51-49-47-45-43-41-19-17-15-13-11-9-7-2/h18,20,22-23,41,43,49,51,56-57,61H,6-17,19,21,24-40,42,44-48,50,52-55H2,1-5H3,(H-,59,62,63,64)/b20-18-,23-22-,43-41+,51-49+. The van der Waals surface area contributed by atoms with E-state index in [2.05, 4.69) is 55.6 Å². The lowest BCUT2D eigenvalue weighted by Crippen LogP contribution is -2.45. The molecule has 2 N–H and O–H groups in total. The van der Waals surface area contributed by atoms with Gasteiger partial charge in [0.15, 0.2) is 0 Å². The van der Waals surface area contributed by atoms with Gasteiger partial charge in [-0.15, -0.1) is 0 Å². The molecule has 8 nitrogen and oxygen atoms in total. The number of nitrogens with one attached hydrogen (secondary N) is 1. The van der Waals surface area contributed by atoms with Crippen LogP contribution < -0.4 is 10.2 Å². The van der Waals surface area contributed by atoms with Crippen LogP contribution in [0.1, 0.15) is 264 Å². The predicted octanol–water partition coefficient (Wildman–Crippen LogP) is 16.5. The first-order valence-corrected chi connectivity index (χ1v) is 30.0. The van der Waals surface area contributed by atoms with Gasteiger partial charge in [0.25, 0.3) is 7.82 Å². The Bertz CT molecular complexity index is 1230. The summed E-state index contributed by atoms with van der Waals surface area (Å²) in [4.78, 5) is 25.4. The van der Waals surface area contributed by atoms with Crippen molar-refractivity contribution >= 4 is 13.7 Å². The van der Waals surface area contributed by atoms with E-state index in [-0.39, 0.29) is 12.5 Å². The third kappa shape index (κ3) is 52.1. The Morgan fingerprint density at radius 3 is 1.30 bits per heavy atom. The van der Waals surface area contributed by atoms with Crippen molar-refractivity contribution < 1.29 is 32.9 Å². The number of quaternary nitrogens is 1. The van der Waals surface area contributed by atoms with Gasteiger partial charge in [0.1, 0.15) is 13.2 Å². The summed E-state index contributed by atoms with van der Waals surface area (Å²) >= 11 is 0. The largest absolute Gasteiger partial charge is 0.756 e. The molecule has 0 heterocycles. The van der Waals surface area contributed by atoms with Gasteiger partial charge in [-0.3, -0.25) is 9.36 Å². The molecule has 0 aromatic heterocycles. The smallest absolute Gasteiger partial charge is 0.268 e. The van der Waals surface area contributed by atoms with Crippen molar-refractivity contribution in [1.29, 1.82) is 0 Å². The number of nitrogens with zero attached hydrogens (tertiary/aromatic N) is 1. The van der Waals surface area contributed by atoms with Crippen LogP contribution in [0.4, 0.5) is 0 Å². The van der Waals surface area contributed by atoms with Gasteiger partial charge in [-0.2, -0.15) is 0 Å². The molecule has 9 heteroatoms. The summed E-state index contributed by atoms with van der Waals surface area (Å²) in [5.41, 5.74) is 0. The van der Waals surface area contributed by atoms with Crippen molar-refractivity contribution in [3.8, 4) is 0 Å². The van der Waals surface area contributed by atoms with Gasteiger partial charge >= 0.3 is 0 Å². The van der Waals surface area contributed by atoms with E-state index in [9.17, 15) is 19.4 Å². The van der Waals surface area contributed by atoms with E-state index in [1.807, 2.05) is 27.2 Å². The highest BCUT2D eigenvalue weighted by molar-refractivity contribution is 7.45. The summed E-state index contributed by atoms with van der Waals surface area (Å²) in [6, 6.07) is -0.901. The van der Waals surface area contributed by atoms with Crippen LogP contribution >= 0.6 is 7.82 Å². The summed E-state index contributed by atoms with van der Waals surface area (Å²) in [5.74, 6) is -0.205. The zero-order valence-electron chi connectivity index (χ0n) is 44.9. The van der Waals surface area contributed by atoms with Crippen LogP contribution in [0.15, 0.2) is 48.6 Å². The van der Waals surface area contributed by atoms with E-state index in [1.54, 1.807) is 6.08 Å². The van der Waals surface area contributed by atoms with E-state index in [4.69, 9.17) is 9.05 Å².